The number of nitro benzene ring substituents is 2. The Morgan fingerprint density at radius 3 is 1.43 bits per heavy atom. The molecule has 236 valence electrons. The van der Waals surface area contributed by atoms with Gasteiger partial charge in [-0.3, -0.25) is 29.8 Å². The van der Waals surface area contributed by atoms with Crippen molar-refractivity contribution in [1.82, 2.24) is 19.9 Å². The van der Waals surface area contributed by atoms with Crippen LogP contribution < -0.4 is 10.6 Å². The maximum atomic E-state index is 12.5. The van der Waals surface area contributed by atoms with Crippen LogP contribution in [0.4, 0.5) is 22.7 Å². The highest BCUT2D eigenvalue weighted by molar-refractivity contribution is 8.00. The number of amides is 2. The summed E-state index contributed by atoms with van der Waals surface area (Å²) in [7, 11) is 0. The number of nitro groups is 2. The molecule has 0 bridgehead atoms. The van der Waals surface area contributed by atoms with Gasteiger partial charge in [-0.2, -0.15) is 0 Å². The number of H-pyrrole nitrogens is 2. The van der Waals surface area contributed by atoms with Gasteiger partial charge in [-0.25, -0.2) is 9.97 Å². The zero-order valence-corrected chi connectivity index (χ0v) is 26.4. The molecule has 0 spiro atoms. The first-order valence-corrected chi connectivity index (χ1v) is 16.5. The van der Waals surface area contributed by atoms with E-state index in [1.54, 1.807) is 36.4 Å². The fourth-order valence-corrected chi connectivity index (χ4v) is 6.51. The molecular weight excluding hydrogens is 665 g/mol. The van der Waals surface area contributed by atoms with Crippen LogP contribution in [0.25, 0.3) is 22.1 Å². The van der Waals surface area contributed by atoms with Crippen molar-refractivity contribution in [3.8, 4) is 0 Å². The van der Waals surface area contributed by atoms with E-state index < -0.39 is 9.85 Å². The third-order valence-electron chi connectivity index (χ3n) is 6.50. The molecule has 17 heteroatoms. The number of carbonyl (C=O) groups is 2. The quantitative estimate of drug-likeness (QED) is 0.0594. The Bertz CT molecular complexity index is 1980. The number of nitrogens with one attached hydrogen (secondary N) is 4. The molecule has 0 saturated heterocycles. The first-order valence-electron chi connectivity index (χ1n) is 13.7. The Morgan fingerprint density at radius 2 is 1.04 bits per heavy atom. The molecule has 0 saturated carbocycles. The molecule has 2 aromatic heterocycles. The van der Waals surface area contributed by atoms with Crippen molar-refractivity contribution in [2.24, 2.45) is 0 Å². The number of carbonyl (C=O) groups excluding carboxylic acids is 2. The van der Waals surface area contributed by atoms with Crippen LogP contribution in [-0.2, 0) is 9.59 Å². The number of anilines is 2. The zero-order chi connectivity index (χ0) is 32.9. The molecule has 4 N–H and O–H groups in total. The Hall–Kier alpha value is -5.39. The molecule has 6 rings (SSSR count). The van der Waals surface area contributed by atoms with E-state index in [0.29, 0.717) is 43.8 Å². The number of aromatic amines is 2. The Labute approximate surface area is 277 Å². The number of rotatable bonds is 12. The highest BCUT2D eigenvalue weighted by Crippen LogP contribution is 2.30. The van der Waals surface area contributed by atoms with Gasteiger partial charge in [0.2, 0.25) is 11.8 Å². The lowest BCUT2D eigenvalue weighted by atomic mass is 10.3. The van der Waals surface area contributed by atoms with Gasteiger partial charge in [-0.1, -0.05) is 35.3 Å². The first-order chi connectivity index (χ1) is 22.7. The second-order valence-electron chi connectivity index (χ2n) is 9.83. The summed E-state index contributed by atoms with van der Waals surface area (Å²) in [5, 5.41) is 28.6. The van der Waals surface area contributed by atoms with Crippen LogP contribution in [0.1, 0.15) is 0 Å². The summed E-state index contributed by atoms with van der Waals surface area (Å²) < 4.78 is 0. The molecule has 0 atom stereocenters. The first kappa shape index (κ1) is 31.6. The van der Waals surface area contributed by atoms with Gasteiger partial charge in [0.25, 0.3) is 11.4 Å². The molecule has 0 fully saturated rings. The van der Waals surface area contributed by atoms with Crippen LogP contribution in [0.3, 0.4) is 0 Å². The second-order valence-corrected chi connectivity index (χ2v) is 12.9. The Balaban J connectivity index is 0.946. The normalized spacial score (nSPS) is 11.1. The smallest absolute Gasteiger partial charge is 0.271 e. The van der Waals surface area contributed by atoms with Crippen LogP contribution in [0.15, 0.2) is 105 Å². The SMILES string of the molecule is O=C(CSc1nc2ccc([N+](=O)[O-])cc2[nH]1)Nc1ccc(Sc2ccc(NC(=O)CSc3nc4ccc([N+](=O)[O-])cc4[nH]3)cc2)cc1. The zero-order valence-electron chi connectivity index (χ0n) is 24.0. The van der Waals surface area contributed by atoms with Crippen molar-refractivity contribution in [2.75, 3.05) is 22.1 Å². The molecule has 4 aromatic carbocycles. The van der Waals surface area contributed by atoms with E-state index in [4.69, 9.17) is 0 Å². The standard InChI is InChI=1S/C30H22N8O6S3/c39-27(15-45-29-33-23-11-5-19(37(41)42)13-25(23)35-29)31-17-1-7-21(8-2-17)47-22-9-3-18(4-10-22)32-28(40)16-46-30-34-24-12-6-20(38(43)44)14-26(24)36-30/h1-14H,15-16H2,(H,31,39)(H,32,40)(H,33,35)(H,34,36). The third kappa shape index (κ3) is 8.07. The number of fused-ring (bicyclic) bond motifs is 2. The fourth-order valence-electron chi connectivity index (χ4n) is 4.32. The van der Waals surface area contributed by atoms with E-state index in [1.807, 2.05) is 24.3 Å². The molecule has 2 heterocycles. The van der Waals surface area contributed by atoms with E-state index in [2.05, 4.69) is 30.6 Å². The van der Waals surface area contributed by atoms with E-state index in [9.17, 15) is 29.8 Å². The van der Waals surface area contributed by atoms with Crippen molar-refractivity contribution < 1.29 is 19.4 Å². The molecule has 0 radical (unpaired) electrons. The van der Waals surface area contributed by atoms with Gasteiger partial charge >= 0.3 is 0 Å². The Kier molecular flexibility index (Phi) is 9.37. The maximum Gasteiger partial charge on any atom is 0.271 e. The van der Waals surface area contributed by atoms with Crippen LogP contribution in [0.2, 0.25) is 0 Å². The monoisotopic (exact) mass is 686 g/mol. The molecule has 0 aliphatic carbocycles. The number of aromatic nitrogens is 4. The fraction of sp³-hybridized carbons (Fsp3) is 0.0667. The van der Waals surface area contributed by atoms with Crippen molar-refractivity contribution >= 4 is 91.9 Å². The number of thioether (sulfide) groups is 2. The Morgan fingerprint density at radius 1 is 0.638 bits per heavy atom. The molecule has 0 aliphatic heterocycles. The average Bonchev–Trinajstić information content (AvgIpc) is 3.67. The summed E-state index contributed by atoms with van der Waals surface area (Å²) in [5.41, 5.74) is 3.43. The van der Waals surface area contributed by atoms with Crippen molar-refractivity contribution in [2.45, 2.75) is 20.1 Å². The lowest BCUT2D eigenvalue weighted by molar-refractivity contribution is -0.384. The highest BCUT2D eigenvalue weighted by Gasteiger charge is 2.13. The summed E-state index contributed by atoms with van der Waals surface area (Å²) >= 11 is 3.92. The predicted molar refractivity (Wildman–Crippen MR) is 181 cm³/mol. The number of benzene rings is 4. The minimum Gasteiger partial charge on any atom is -0.333 e. The molecule has 2 amide bonds. The summed E-state index contributed by atoms with van der Waals surface area (Å²) in [6.07, 6.45) is 0. The third-order valence-corrected chi connectivity index (χ3v) is 9.26. The van der Waals surface area contributed by atoms with Crippen LogP contribution in [-0.4, -0.2) is 53.1 Å². The predicted octanol–water partition coefficient (Wildman–Crippen LogP) is 6.87. The largest absolute Gasteiger partial charge is 0.333 e. The van der Waals surface area contributed by atoms with Gasteiger partial charge < -0.3 is 20.6 Å². The maximum absolute atomic E-state index is 12.5. The summed E-state index contributed by atoms with van der Waals surface area (Å²) in [6, 6.07) is 23.5. The molecule has 47 heavy (non-hydrogen) atoms. The lowest BCUT2D eigenvalue weighted by Crippen LogP contribution is -2.14. The van der Waals surface area contributed by atoms with Crippen LogP contribution in [0, 0.1) is 20.2 Å². The molecule has 0 unspecified atom stereocenters. The van der Waals surface area contributed by atoms with E-state index in [0.717, 1.165) is 9.79 Å². The summed E-state index contributed by atoms with van der Waals surface area (Å²) in [5.74, 6) is -0.234. The van der Waals surface area contributed by atoms with Crippen molar-refractivity contribution in [3.63, 3.8) is 0 Å². The number of non-ortho nitro benzene ring substituents is 2. The van der Waals surface area contributed by atoms with Gasteiger partial charge in [0.1, 0.15) is 0 Å². The van der Waals surface area contributed by atoms with E-state index in [-0.39, 0.29) is 34.7 Å². The summed E-state index contributed by atoms with van der Waals surface area (Å²) in [6.45, 7) is 0. The van der Waals surface area contributed by atoms with Crippen LogP contribution in [0.5, 0.6) is 0 Å². The van der Waals surface area contributed by atoms with Crippen molar-refractivity contribution in [3.05, 3.63) is 105 Å². The van der Waals surface area contributed by atoms with Gasteiger partial charge in [-0.05, 0) is 60.7 Å². The van der Waals surface area contributed by atoms with E-state index in [1.165, 1.54) is 59.6 Å². The number of nitrogens with zero attached hydrogens (tertiary/aromatic N) is 4. The molecule has 14 nitrogen and oxygen atoms in total. The summed E-state index contributed by atoms with van der Waals surface area (Å²) in [4.78, 5) is 62.6. The number of imidazole rings is 2. The lowest BCUT2D eigenvalue weighted by Gasteiger charge is -2.08. The van der Waals surface area contributed by atoms with Crippen molar-refractivity contribution in [1.29, 1.82) is 0 Å². The minimum absolute atomic E-state index is 0.0369. The van der Waals surface area contributed by atoms with Gasteiger partial charge in [0.15, 0.2) is 10.3 Å². The molecular formula is C30H22N8O6S3. The number of hydrogen-bond acceptors (Lipinski definition) is 11. The molecule has 6 aromatic rings. The van der Waals surface area contributed by atoms with E-state index >= 15 is 0 Å². The topological polar surface area (TPSA) is 202 Å². The van der Waals surface area contributed by atoms with Crippen LogP contribution >= 0.6 is 35.3 Å². The van der Waals surface area contributed by atoms with Gasteiger partial charge in [-0.15, -0.1) is 0 Å². The number of hydrogen-bond donors (Lipinski definition) is 4. The molecule has 0 aliphatic rings. The average molecular weight is 687 g/mol. The van der Waals surface area contributed by atoms with Gasteiger partial charge in [0.05, 0.1) is 43.4 Å². The minimum atomic E-state index is -0.474. The van der Waals surface area contributed by atoms with Gasteiger partial charge in [0, 0.05) is 45.4 Å². The highest BCUT2D eigenvalue weighted by atomic mass is 32.2. The second kappa shape index (κ2) is 13.9.